The Labute approximate surface area is 209 Å². The van der Waals surface area contributed by atoms with Crippen LogP contribution in [-0.4, -0.2) is 59.1 Å². The Balaban J connectivity index is 1.51. The van der Waals surface area contributed by atoms with Crippen LogP contribution in [0.4, 0.5) is 0 Å². The van der Waals surface area contributed by atoms with Crippen molar-refractivity contribution in [3.8, 4) is 17.1 Å². The van der Waals surface area contributed by atoms with Gasteiger partial charge < -0.3 is 19.4 Å². The number of ether oxygens (including phenoxy) is 1. The van der Waals surface area contributed by atoms with Crippen LogP contribution in [-0.2, 0) is 6.54 Å². The summed E-state index contributed by atoms with van der Waals surface area (Å²) in [7, 11) is 4.06. The molecule has 1 N–H and O–H groups in total. The number of oxazole rings is 1. The highest BCUT2D eigenvalue weighted by Gasteiger charge is 2.14. The van der Waals surface area contributed by atoms with Crippen molar-refractivity contribution in [2.45, 2.75) is 26.3 Å². The molecule has 4 aromatic rings. The van der Waals surface area contributed by atoms with Gasteiger partial charge in [0.15, 0.2) is 17.2 Å². The average Bonchev–Trinajstić information content (AvgIpc) is 3.19. The summed E-state index contributed by atoms with van der Waals surface area (Å²) < 4.78 is 12.6. The molecule has 0 fully saturated rings. The van der Waals surface area contributed by atoms with E-state index in [-0.39, 0.29) is 12.5 Å². The van der Waals surface area contributed by atoms with Crippen molar-refractivity contribution in [3.63, 3.8) is 0 Å². The minimum Gasteiger partial charge on any atom is -0.490 e. The third-order valence-electron chi connectivity index (χ3n) is 5.64. The normalized spacial score (nSPS) is 11.2. The lowest BCUT2D eigenvalue weighted by Gasteiger charge is -2.10. The third kappa shape index (κ3) is 6.17. The molecule has 0 spiro atoms. The number of nitrogens with zero attached hydrogens (tertiary/aromatic N) is 4. The highest BCUT2D eigenvalue weighted by Crippen LogP contribution is 2.21. The van der Waals surface area contributed by atoms with Crippen LogP contribution in [0.2, 0.25) is 0 Å². The minimum absolute atomic E-state index is 0.178. The van der Waals surface area contributed by atoms with Gasteiger partial charge in [-0.05, 0) is 56.8 Å². The van der Waals surface area contributed by atoms with Crippen LogP contribution in [0.5, 0.6) is 5.75 Å². The van der Waals surface area contributed by atoms with E-state index in [4.69, 9.17) is 9.15 Å². The molecule has 0 radical (unpaired) electrons. The van der Waals surface area contributed by atoms with Crippen LogP contribution in [0, 0.1) is 0 Å². The molecule has 36 heavy (non-hydrogen) atoms. The van der Waals surface area contributed by atoms with Crippen LogP contribution in [0.25, 0.3) is 22.5 Å². The second kappa shape index (κ2) is 11.6. The molecular weight excluding hydrogens is 458 g/mol. The molecule has 4 rings (SSSR count). The van der Waals surface area contributed by atoms with E-state index in [2.05, 4.69) is 20.2 Å². The molecule has 0 saturated carbocycles. The Morgan fingerprint density at radius 3 is 2.69 bits per heavy atom. The third-order valence-corrected chi connectivity index (χ3v) is 5.64. The first kappa shape index (κ1) is 25.1. The summed E-state index contributed by atoms with van der Waals surface area (Å²) in [6.45, 7) is 4.42. The van der Waals surface area contributed by atoms with Crippen LogP contribution >= 0.6 is 0 Å². The molecule has 2 heterocycles. The predicted octanol–water partition coefficient (Wildman–Crippen LogP) is 3.57. The Morgan fingerprint density at radius 1 is 1.14 bits per heavy atom. The van der Waals surface area contributed by atoms with Gasteiger partial charge in [0.2, 0.25) is 0 Å². The molecular formula is C27H31N5O4. The summed E-state index contributed by atoms with van der Waals surface area (Å²) in [5.74, 6) is 0.539. The highest BCUT2D eigenvalue weighted by molar-refractivity contribution is 5.97. The van der Waals surface area contributed by atoms with Crippen molar-refractivity contribution < 1.29 is 13.9 Å². The fourth-order valence-electron chi connectivity index (χ4n) is 3.80. The number of hydrogen-bond acceptors (Lipinski definition) is 7. The van der Waals surface area contributed by atoms with Gasteiger partial charge in [-0.2, -0.15) is 0 Å². The average molecular weight is 490 g/mol. The topological polar surface area (TPSA) is 102 Å². The van der Waals surface area contributed by atoms with Crippen LogP contribution in [0.3, 0.4) is 0 Å². The Bertz CT molecular complexity index is 1380. The quantitative estimate of drug-likeness (QED) is 0.321. The maximum atomic E-state index is 12.6. The molecule has 0 atom stereocenters. The van der Waals surface area contributed by atoms with Gasteiger partial charge in [0.05, 0.1) is 31.1 Å². The molecule has 9 nitrogen and oxygen atoms in total. The fourth-order valence-corrected chi connectivity index (χ4v) is 3.80. The minimum atomic E-state index is -0.478. The van der Waals surface area contributed by atoms with Crippen molar-refractivity contribution in [2.75, 3.05) is 33.8 Å². The lowest BCUT2D eigenvalue weighted by molar-refractivity contribution is 0.0953. The van der Waals surface area contributed by atoms with Gasteiger partial charge in [-0.25, -0.2) is 14.8 Å². The molecule has 2 aromatic heterocycles. The van der Waals surface area contributed by atoms with Crippen molar-refractivity contribution in [1.29, 1.82) is 0 Å². The van der Waals surface area contributed by atoms with Crippen LogP contribution in [0.1, 0.15) is 35.7 Å². The molecule has 2 aromatic carbocycles. The summed E-state index contributed by atoms with van der Waals surface area (Å²) in [4.78, 5) is 36.0. The zero-order valence-electron chi connectivity index (χ0n) is 20.9. The van der Waals surface area contributed by atoms with Gasteiger partial charge >= 0.3 is 5.76 Å². The summed E-state index contributed by atoms with van der Waals surface area (Å²) in [6, 6.07) is 12.7. The molecule has 0 saturated heterocycles. The molecule has 0 bridgehead atoms. The summed E-state index contributed by atoms with van der Waals surface area (Å²) in [5.41, 5.74) is 3.20. The standard InChI is InChI=1S/C27H31N5O4/c1-4-11-28-26(33)21-9-10-24-23(15-21)32(27(34)36-24)18-19-7-5-8-20(14-19)25-29-16-22(17-30-25)35-13-6-12-31(2)3/h5,7-10,14-17H,4,6,11-13,18H2,1-3H3,(H,28,33). The molecule has 0 aliphatic carbocycles. The maximum absolute atomic E-state index is 12.6. The Kier molecular flexibility index (Phi) is 8.12. The SMILES string of the molecule is CCCNC(=O)c1ccc2oc(=O)n(Cc3cccc(-c4ncc(OCCCN(C)C)cn4)c3)c2c1. The van der Waals surface area contributed by atoms with Gasteiger partial charge in [0.25, 0.3) is 5.91 Å². The number of rotatable bonds is 11. The van der Waals surface area contributed by atoms with Crippen molar-refractivity contribution >= 4 is 17.0 Å². The summed E-state index contributed by atoms with van der Waals surface area (Å²) in [5, 5.41) is 2.86. The van der Waals surface area contributed by atoms with E-state index in [0.29, 0.717) is 41.4 Å². The van der Waals surface area contributed by atoms with E-state index in [1.54, 1.807) is 30.6 Å². The van der Waals surface area contributed by atoms with Crippen LogP contribution in [0.15, 0.2) is 64.1 Å². The first-order chi connectivity index (χ1) is 17.4. The monoisotopic (exact) mass is 489 g/mol. The Hall–Kier alpha value is -3.98. The lowest BCUT2D eigenvalue weighted by atomic mass is 10.1. The number of carbonyl (C=O) groups is 1. The fraction of sp³-hybridized carbons (Fsp3) is 0.333. The lowest BCUT2D eigenvalue weighted by Crippen LogP contribution is -2.24. The number of carbonyl (C=O) groups excluding carboxylic acids is 1. The van der Waals surface area contributed by atoms with E-state index >= 15 is 0 Å². The van der Waals surface area contributed by atoms with Crippen LogP contribution < -0.4 is 15.8 Å². The van der Waals surface area contributed by atoms with E-state index in [1.165, 1.54) is 4.57 Å². The first-order valence-electron chi connectivity index (χ1n) is 12.0. The van der Waals surface area contributed by atoms with E-state index < -0.39 is 5.76 Å². The van der Waals surface area contributed by atoms with Crippen molar-refractivity contribution in [1.82, 2.24) is 24.8 Å². The zero-order valence-corrected chi connectivity index (χ0v) is 20.9. The Morgan fingerprint density at radius 2 is 1.94 bits per heavy atom. The van der Waals surface area contributed by atoms with Gasteiger partial charge in [-0.15, -0.1) is 0 Å². The second-order valence-electron chi connectivity index (χ2n) is 8.84. The number of nitrogens with one attached hydrogen (secondary N) is 1. The van der Waals surface area contributed by atoms with Gasteiger partial charge in [-0.1, -0.05) is 25.1 Å². The zero-order chi connectivity index (χ0) is 25.5. The van der Waals surface area contributed by atoms with Gasteiger partial charge in [0.1, 0.15) is 0 Å². The smallest absolute Gasteiger partial charge is 0.420 e. The van der Waals surface area contributed by atoms with Gasteiger partial charge in [-0.3, -0.25) is 9.36 Å². The second-order valence-corrected chi connectivity index (χ2v) is 8.84. The molecule has 1 amide bonds. The number of aromatic nitrogens is 3. The maximum Gasteiger partial charge on any atom is 0.420 e. The van der Waals surface area contributed by atoms with E-state index in [9.17, 15) is 9.59 Å². The molecule has 9 heteroatoms. The number of amides is 1. The highest BCUT2D eigenvalue weighted by atomic mass is 16.5. The number of hydrogen-bond donors (Lipinski definition) is 1. The van der Waals surface area contributed by atoms with Crippen molar-refractivity contribution in [2.24, 2.45) is 0 Å². The largest absolute Gasteiger partial charge is 0.490 e. The molecule has 188 valence electrons. The first-order valence-corrected chi connectivity index (χ1v) is 12.0. The molecule has 0 aliphatic heterocycles. The molecule has 0 aliphatic rings. The molecule has 0 unspecified atom stereocenters. The van der Waals surface area contributed by atoms with Gasteiger partial charge in [0, 0.05) is 24.2 Å². The van der Waals surface area contributed by atoms with Crippen molar-refractivity contribution in [3.05, 3.63) is 76.5 Å². The number of fused-ring (bicyclic) bond motifs is 1. The predicted molar refractivity (Wildman–Crippen MR) is 138 cm³/mol. The van der Waals surface area contributed by atoms with E-state index in [0.717, 1.165) is 30.5 Å². The number of benzene rings is 2. The summed E-state index contributed by atoms with van der Waals surface area (Å²) in [6.07, 6.45) is 5.11. The van der Waals surface area contributed by atoms with E-state index in [1.807, 2.05) is 45.3 Å². The summed E-state index contributed by atoms with van der Waals surface area (Å²) >= 11 is 0.